The highest BCUT2D eigenvalue weighted by Gasteiger charge is 2.16. The Balaban J connectivity index is 1.67. The van der Waals surface area contributed by atoms with Gasteiger partial charge in [0.1, 0.15) is 5.82 Å². The number of aryl methyl sites for hydroxylation is 2. The number of nitrogen functional groups attached to an aromatic ring is 1. The molecule has 0 aliphatic rings. The van der Waals surface area contributed by atoms with Crippen LogP contribution in [0, 0.1) is 19.7 Å². The number of nitrogens with two attached hydrogens (primary N) is 1. The molecule has 0 bridgehead atoms. The molecule has 3 aromatic rings. The van der Waals surface area contributed by atoms with Gasteiger partial charge in [0.2, 0.25) is 11.1 Å². The van der Waals surface area contributed by atoms with Gasteiger partial charge in [-0.2, -0.15) is 5.10 Å². The zero-order valence-corrected chi connectivity index (χ0v) is 15.5. The van der Waals surface area contributed by atoms with Crippen molar-refractivity contribution in [1.82, 2.24) is 24.7 Å². The van der Waals surface area contributed by atoms with Crippen LogP contribution < -0.4 is 11.2 Å². The Kier molecular flexibility index (Phi) is 5.14. The van der Waals surface area contributed by atoms with Gasteiger partial charge in [0.25, 0.3) is 5.95 Å². The van der Waals surface area contributed by atoms with E-state index in [-0.39, 0.29) is 16.7 Å². The molecule has 0 aliphatic heterocycles. The molecule has 0 radical (unpaired) electrons. The molecule has 0 atom stereocenters. The maximum Gasteiger partial charge on any atom is 0.271 e. The quantitative estimate of drug-likeness (QED) is 0.507. The molecule has 1 aromatic carbocycles. The third-order valence-corrected chi connectivity index (χ3v) is 4.64. The zero-order valence-electron chi connectivity index (χ0n) is 13.9. The lowest BCUT2D eigenvalue weighted by Gasteiger charge is -2.07. The topological polar surface area (TPSA) is 104 Å². The van der Waals surface area contributed by atoms with Crippen molar-refractivity contribution in [3.8, 4) is 5.95 Å². The second kappa shape index (κ2) is 7.34. The van der Waals surface area contributed by atoms with Crippen molar-refractivity contribution in [1.29, 1.82) is 0 Å². The summed E-state index contributed by atoms with van der Waals surface area (Å²) in [5.41, 5.74) is 2.02. The average molecular weight is 396 g/mol. The highest BCUT2D eigenvalue weighted by atomic mass is 35.5. The van der Waals surface area contributed by atoms with Gasteiger partial charge < -0.3 is 11.2 Å². The predicted molar refractivity (Wildman–Crippen MR) is 97.5 cm³/mol. The lowest BCUT2D eigenvalue weighted by molar-refractivity contribution is -0.113. The second-order valence-electron chi connectivity index (χ2n) is 5.45. The van der Waals surface area contributed by atoms with Crippen molar-refractivity contribution < 1.29 is 9.18 Å². The third-order valence-electron chi connectivity index (χ3n) is 3.38. The van der Waals surface area contributed by atoms with Crippen molar-refractivity contribution >= 4 is 35.0 Å². The van der Waals surface area contributed by atoms with Crippen LogP contribution in [0.5, 0.6) is 0 Å². The van der Waals surface area contributed by atoms with Crippen LogP contribution in [0.25, 0.3) is 5.95 Å². The summed E-state index contributed by atoms with van der Waals surface area (Å²) in [4.78, 5) is 12.1. The molecule has 26 heavy (non-hydrogen) atoms. The number of hydrogen-bond donors (Lipinski definition) is 2. The van der Waals surface area contributed by atoms with E-state index >= 15 is 0 Å². The molecule has 0 saturated carbocycles. The first-order valence-corrected chi connectivity index (χ1v) is 8.83. The maximum absolute atomic E-state index is 13.0. The molecule has 0 aliphatic carbocycles. The molecule has 2 heterocycles. The number of carbonyl (C=O) groups is 1. The molecule has 0 saturated heterocycles. The SMILES string of the molecule is Cc1cc(C)n(-c2nnc(SCC(=O)Nc3ccc(F)cc3Cl)n2N)n1. The summed E-state index contributed by atoms with van der Waals surface area (Å²) < 4.78 is 15.9. The fourth-order valence-electron chi connectivity index (χ4n) is 2.25. The highest BCUT2D eigenvalue weighted by Crippen LogP contribution is 2.23. The molecule has 1 amide bonds. The number of nitrogens with zero attached hydrogens (tertiary/aromatic N) is 5. The van der Waals surface area contributed by atoms with Gasteiger partial charge in [0.15, 0.2) is 0 Å². The Labute approximate surface area is 157 Å². The number of carbonyl (C=O) groups excluding carboxylic acids is 1. The largest absolute Gasteiger partial charge is 0.334 e. The Morgan fingerprint density at radius 2 is 2.12 bits per heavy atom. The minimum absolute atomic E-state index is 0.0279. The summed E-state index contributed by atoms with van der Waals surface area (Å²) in [6.45, 7) is 3.74. The number of anilines is 1. The standard InChI is InChI=1S/C15H15ClFN7OS/c1-8-5-9(2)24(22-8)14-20-21-15(23(14)18)26-7-13(25)19-12-4-3-10(17)6-11(12)16/h3-6H,7,18H2,1-2H3,(H,19,25). The van der Waals surface area contributed by atoms with Crippen molar-refractivity contribution in [3.05, 3.63) is 46.5 Å². The molecule has 0 fully saturated rings. The molecule has 8 nitrogen and oxygen atoms in total. The van der Waals surface area contributed by atoms with E-state index in [0.29, 0.717) is 16.8 Å². The van der Waals surface area contributed by atoms with E-state index in [1.54, 1.807) is 4.68 Å². The van der Waals surface area contributed by atoms with Crippen LogP contribution >= 0.6 is 23.4 Å². The minimum Gasteiger partial charge on any atom is -0.334 e. The first-order chi connectivity index (χ1) is 12.3. The number of amides is 1. The monoisotopic (exact) mass is 395 g/mol. The Bertz CT molecular complexity index is 971. The number of hydrogen-bond acceptors (Lipinski definition) is 6. The van der Waals surface area contributed by atoms with Gasteiger partial charge in [0.05, 0.1) is 22.2 Å². The predicted octanol–water partition coefficient (Wildman–Crippen LogP) is 2.32. The zero-order chi connectivity index (χ0) is 18.8. The average Bonchev–Trinajstić information content (AvgIpc) is 3.10. The second-order valence-corrected chi connectivity index (χ2v) is 6.80. The Morgan fingerprint density at radius 3 is 2.77 bits per heavy atom. The van der Waals surface area contributed by atoms with Crippen LogP contribution in [0.3, 0.4) is 0 Å². The molecule has 11 heteroatoms. The lowest BCUT2D eigenvalue weighted by atomic mass is 10.3. The molecular formula is C15H15ClFN7OS. The van der Waals surface area contributed by atoms with E-state index in [1.807, 2.05) is 19.9 Å². The Hall–Kier alpha value is -2.59. The van der Waals surface area contributed by atoms with Crippen LogP contribution in [0.4, 0.5) is 10.1 Å². The fraction of sp³-hybridized carbons (Fsp3) is 0.200. The van der Waals surface area contributed by atoms with Crippen LogP contribution in [0.1, 0.15) is 11.4 Å². The van der Waals surface area contributed by atoms with Crippen molar-refractivity contribution in [3.63, 3.8) is 0 Å². The van der Waals surface area contributed by atoms with Gasteiger partial charge in [-0.25, -0.2) is 13.7 Å². The Morgan fingerprint density at radius 1 is 1.35 bits per heavy atom. The van der Waals surface area contributed by atoms with Crippen molar-refractivity contribution in [2.45, 2.75) is 19.0 Å². The molecule has 0 unspecified atom stereocenters. The van der Waals surface area contributed by atoms with Crippen LogP contribution in [0.15, 0.2) is 29.4 Å². The van der Waals surface area contributed by atoms with Gasteiger partial charge in [-0.15, -0.1) is 10.2 Å². The summed E-state index contributed by atoms with van der Waals surface area (Å²) in [7, 11) is 0. The van der Waals surface area contributed by atoms with Gasteiger partial charge in [-0.3, -0.25) is 4.79 Å². The summed E-state index contributed by atoms with van der Waals surface area (Å²) in [6.07, 6.45) is 0. The van der Waals surface area contributed by atoms with E-state index in [9.17, 15) is 9.18 Å². The molecule has 0 spiro atoms. The van der Waals surface area contributed by atoms with E-state index in [4.69, 9.17) is 17.4 Å². The summed E-state index contributed by atoms with van der Waals surface area (Å²) >= 11 is 6.99. The van der Waals surface area contributed by atoms with Crippen molar-refractivity contribution in [2.75, 3.05) is 16.9 Å². The van der Waals surface area contributed by atoms with E-state index in [1.165, 1.54) is 16.8 Å². The molecule has 136 valence electrons. The summed E-state index contributed by atoms with van der Waals surface area (Å²) in [5, 5.41) is 15.4. The number of nitrogens with one attached hydrogen (secondary N) is 1. The van der Waals surface area contributed by atoms with E-state index in [2.05, 4.69) is 20.6 Å². The highest BCUT2D eigenvalue weighted by molar-refractivity contribution is 7.99. The third kappa shape index (κ3) is 3.81. The lowest BCUT2D eigenvalue weighted by Crippen LogP contribution is -2.19. The minimum atomic E-state index is -0.477. The normalized spacial score (nSPS) is 10.9. The number of aromatic nitrogens is 5. The van der Waals surface area contributed by atoms with Gasteiger partial charge in [-0.1, -0.05) is 23.4 Å². The molecule has 2 aromatic heterocycles. The fourth-order valence-corrected chi connectivity index (χ4v) is 3.12. The van der Waals surface area contributed by atoms with E-state index in [0.717, 1.165) is 29.2 Å². The number of benzene rings is 1. The molecule has 3 N–H and O–H groups in total. The first kappa shape index (κ1) is 18.2. The number of thioether (sulfide) groups is 1. The maximum atomic E-state index is 13.0. The first-order valence-electron chi connectivity index (χ1n) is 7.47. The number of rotatable bonds is 5. The number of halogens is 2. The summed E-state index contributed by atoms with van der Waals surface area (Å²) in [6, 6.07) is 5.63. The van der Waals surface area contributed by atoms with Crippen molar-refractivity contribution in [2.24, 2.45) is 0 Å². The van der Waals surface area contributed by atoms with E-state index < -0.39 is 5.82 Å². The smallest absolute Gasteiger partial charge is 0.271 e. The molecular weight excluding hydrogens is 381 g/mol. The van der Waals surface area contributed by atoms with Gasteiger partial charge in [0, 0.05) is 5.69 Å². The van der Waals surface area contributed by atoms with Gasteiger partial charge in [-0.05, 0) is 38.1 Å². The summed E-state index contributed by atoms with van der Waals surface area (Å²) in [5.74, 6) is 5.57. The van der Waals surface area contributed by atoms with Crippen LogP contribution in [0.2, 0.25) is 5.02 Å². The molecule has 3 rings (SSSR count). The van der Waals surface area contributed by atoms with Gasteiger partial charge >= 0.3 is 0 Å². The van der Waals surface area contributed by atoms with Crippen LogP contribution in [-0.4, -0.2) is 36.3 Å². The van der Waals surface area contributed by atoms with Crippen LogP contribution in [-0.2, 0) is 4.79 Å².